The van der Waals surface area contributed by atoms with Crippen molar-refractivity contribution in [2.24, 2.45) is 0 Å². The molecule has 0 aliphatic carbocycles. The Morgan fingerprint density at radius 1 is 1.15 bits per heavy atom. The average molecular weight is 376 g/mol. The fourth-order valence-corrected chi connectivity index (χ4v) is 2.47. The predicted molar refractivity (Wildman–Crippen MR) is 85.6 cm³/mol. The van der Waals surface area contributed by atoms with Gasteiger partial charge < -0.3 is 9.84 Å². The first-order chi connectivity index (χ1) is 9.47. The van der Waals surface area contributed by atoms with Crippen LogP contribution in [0.15, 0.2) is 40.9 Å². The van der Waals surface area contributed by atoms with E-state index in [-0.39, 0.29) is 0 Å². The molecule has 0 bridgehead atoms. The van der Waals surface area contributed by atoms with Crippen LogP contribution in [-0.2, 0) is 6.61 Å². The van der Waals surface area contributed by atoms with Crippen molar-refractivity contribution in [2.45, 2.75) is 19.6 Å². The fraction of sp³-hybridized carbons (Fsp3) is 0.200. The average Bonchev–Trinajstić information content (AvgIpc) is 2.41. The molecule has 1 N–H and O–H groups in total. The van der Waals surface area contributed by atoms with E-state index in [2.05, 4.69) is 15.9 Å². The molecule has 1 unspecified atom stereocenters. The summed E-state index contributed by atoms with van der Waals surface area (Å²) >= 11 is 15.2. The van der Waals surface area contributed by atoms with Crippen LogP contribution in [0.2, 0.25) is 10.0 Å². The summed E-state index contributed by atoms with van der Waals surface area (Å²) in [5, 5.41) is 10.8. The van der Waals surface area contributed by atoms with E-state index in [1.807, 2.05) is 24.3 Å². The third-order valence-corrected chi connectivity index (χ3v) is 4.03. The number of halogens is 3. The van der Waals surface area contributed by atoms with E-state index in [0.29, 0.717) is 22.4 Å². The van der Waals surface area contributed by atoms with Crippen molar-refractivity contribution in [1.29, 1.82) is 0 Å². The zero-order chi connectivity index (χ0) is 14.7. The summed E-state index contributed by atoms with van der Waals surface area (Å²) in [4.78, 5) is 0. The minimum absolute atomic E-state index is 0.359. The summed E-state index contributed by atoms with van der Waals surface area (Å²) in [5.74, 6) is 0.647. The highest BCUT2D eigenvalue weighted by molar-refractivity contribution is 9.10. The number of benzene rings is 2. The molecule has 2 aromatic carbocycles. The summed E-state index contributed by atoms with van der Waals surface area (Å²) in [5.41, 5.74) is 1.65. The highest BCUT2D eigenvalue weighted by Crippen LogP contribution is 2.29. The maximum Gasteiger partial charge on any atom is 0.125 e. The first-order valence-electron chi connectivity index (χ1n) is 6.01. The maximum atomic E-state index is 9.77. The predicted octanol–water partition coefficient (Wildman–Crippen LogP) is 5.39. The Kier molecular flexibility index (Phi) is 5.33. The lowest BCUT2D eigenvalue weighted by Crippen LogP contribution is -2.01. The summed E-state index contributed by atoms with van der Waals surface area (Å²) in [6.45, 7) is 2.06. The molecule has 0 aliphatic heterocycles. The van der Waals surface area contributed by atoms with Crippen molar-refractivity contribution in [3.8, 4) is 5.75 Å². The van der Waals surface area contributed by atoms with Gasteiger partial charge in [0.05, 0.1) is 16.1 Å². The fourth-order valence-electron chi connectivity index (χ4n) is 1.77. The Morgan fingerprint density at radius 3 is 2.55 bits per heavy atom. The van der Waals surface area contributed by atoms with Gasteiger partial charge in [0.15, 0.2) is 0 Å². The standard InChI is InChI=1S/C15H13BrCl2O2/c1-9(19)12-7-11(16)3-5-15(12)20-8-10-2-4-13(17)14(18)6-10/h2-7,9,19H,8H2,1H3. The molecule has 0 radical (unpaired) electrons. The molecular formula is C15H13BrCl2O2. The molecule has 2 nitrogen and oxygen atoms in total. The van der Waals surface area contributed by atoms with Gasteiger partial charge in [-0.05, 0) is 42.8 Å². The van der Waals surface area contributed by atoms with Crippen LogP contribution in [-0.4, -0.2) is 5.11 Å². The third kappa shape index (κ3) is 3.89. The Balaban J connectivity index is 2.16. The van der Waals surface area contributed by atoms with Crippen LogP contribution in [0.5, 0.6) is 5.75 Å². The monoisotopic (exact) mass is 374 g/mol. The summed E-state index contributed by atoms with van der Waals surface area (Å²) in [6, 6.07) is 10.9. The van der Waals surface area contributed by atoms with Gasteiger partial charge in [-0.3, -0.25) is 0 Å². The molecule has 0 fully saturated rings. The van der Waals surface area contributed by atoms with Crippen LogP contribution < -0.4 is 4.74 Å². The summed E-state index contributed by atoms with van der Waals surface area (Å²) in [6.07, 6.45) is -0.601. The Morgan fingerprint density at radius 2 is 1.90 bits per heavy atom. The molecular weight excluding hydrogens is 363 g/mol. The molecule has 0 saturated carbocycles. The van der Waals surface area contributed by atoms with Gasteiger partial charge in [0.1, 0.15) is 12.4 Å². The lowest BCUT2D eigenvalue weighted by atomic mass is 10.1. The number of aliphatic hydroxyl groups is 1. The van der Waals surface area contributed by atoms with Crippen molar-refractivity contribution in [3.05, 3.63) is 62.0 Å². The zero-order valence-corrected chi connectivity index (χ0v) is 13.8. The molecule has 5 heteroatoms. The van der Waals surface area contributed by atoms with Crippen LogP contribution in [0.4, 0.5) is 0 Å². The van der Waals surface area contributed by atoms with Crippen LogP contribution in [0.3, 0.4) is 0 Å². The van der Waals surface area contributed by atoms with Crippen LogP contribution >= 0.6 is 39.1 Å². The van der Waals surface area contributed by atoms with Crippen molar-refractivity contribution >= 4 is 39.1 Å². The van der Waals surface area contributed by atoms with Crippen molar-refractivity contribution in [3.63, 3.8) is 0 Å². The molecule has 0 heterocycles. The second-order valence-electron chi connectivity index (χ2n) is 4.40. The quantitative estimate of drug-likeness (QED) is 0.776. The first kappa shape index (κ1) is 15.6. The van der Waals surface area contributed by atoms with E-state index in [1.165, 1.54) is 0 Å². The smallest absolute Gasteiger partial charge is 0.125 e. The highest BCUT2D eigenvalue weighted by atomic mass is 79.9. The first-order valence-corrected chi connectivity index (χ1v) is 7.56. The van der Waals surface area contributed by atoms with Crippen molar-refractivity contribution in [2.75, 3.05) is 0 Å². The normalized spacial score (nSPS) is 12.2. The summed E-state index contributed by atoms with van der Waals surface area (Å²) < 4.78 is 6.65. The minimum atomic E-state index is -0.601. The molecule has 0 aliphatic rings. The number of hydrogen-bond donors (Lipinski definition) is 1. The summed E-state index contributed by atoms with van der Waals surface area (Å²) in [7, 11) is 0. The van der Waals surface area contributed by atoms with Crippen molar-refractivity contribution in [1.82, 2.24) is 0 Å². The van der Waals surface area contributed by atoms with E-state index in [1.54, 1.807) is 19.1 Å². The van der Waals surface area contributed by atoms with Gasteiger partial charge in [-0.15, -0.1) is 0 Å². The second kappa shape index (κ2) is 6.81. The lowest BCUT2D eigenvalue weighted by Gasteiger charge is -2.14. The Bertz CT molecular complexity index is 615. The van der Waals surface area contributed by atoms with Gasteiger partial charge in [0.25, 0.3) is 0 Å². The van der Waals surface area contributed by atoms with Gasteiger partial charge in [0.2, 0.25) is 0 Å². The third-order valence-electron chi connectivity index (χ3n) is 2.80. The van der Waals surface area contributed by atoms with E-state index < -0.39 is 6.10 Å². The molecule has 0 saturated heterocycles. The number of ether oxygens (including phenoxy) is 1. The number of rotatable bonds is 4. The Labute approximate surface area is 136 Å². The minimum Gasteiger partial charge on any atom is -0.489 e. The lowest BCUT2D eigenvalue weighted by molar-refractivity contribution is 0.190. The zero-order valence-electron chi connectivity index (χ0n) is 10.7. The number of hydrogen-bond acceptors (Lipinski definition) is 2. The number of aliphatic hydroxyl groups excluding tert-OH is 1. The second-order valence-corrected chi connectivity index (χ2v) is 6.13. The molecule has 0 amide bonds. The molecule has 2 rings (SSSR count). The molecule has 2 aromatic rings. The SMILES string of the molecule is CC(O)c1cc(Br)ccc1OCc1ccc(Cl)c(Cl)c1. The van der Waals surface area contributed by atoms with Crippen molar-refractivity contribution < 1.29 is 9.84 Å². The van der Waals surface area contributed by atoms with Gasteiger partial charge >= 0.3 is 0 Å². The molecule has 106 valence electrons. The maximum absolute atomic E-state index is 9.77. The van der Waals surface area contributed by atoms with E-state index >= 15 is 0 Å². The highest BCUT2D eigenvalue weighted by Gasteiger charge is 2.10. The van der Waals surface area contributed by atoms with E-state index in [9.17, 15) is 5.11 Å². The topological polar surface area (TPSA) is 29.5 Å². The van der Waals surface area contributed by atoms with E-state index in [4.69, 9.17) is 27.9 Å². The largest absolute Gasteiger partial charge is 0.489 e. The van der Waals surface area contributed by atoms with Gasteiger partial charge in [0, 0.05) is 10.0 Å². The van der Waals surface area contributed by atoms with Crippen LogP contribution in [0.25, 0.3) is 0 Å². The Hall–Kier alpha value is -0.740. The van der Waals surface area contributed by atoms with E-state index in [0.717, 1.165) is 15.6 Å². The van der Waals surface area contributed by atoms with Gasteiger partial charge in [-0.25, -0.2) is 0 Å². The van der Waals surface area contributed by atoms with Gasteiger partial charge in [-0.1, -0.05) is 45.2 Å². The molecule has 0 aromatic heterocycles. The molecule has 20 heavy (non-hydrogen) atoms. The molecule has 0 spiro atoms. The van der Waals surface area contributed by atoms with Crippen LogP contribution in [0, 0.1) is 0 Å². The van der Waals surface area contributed by atoms with Crippen LogP contribution in [0.1, 0.15) is 24.2 Å². The van der Waals surface area contributed by atoms with Gasteiger partial charge in [-0.2, -0.15) is 0 Å². The molecule has 1 atom stereocenters.